The summed E-state index contributed by atoms with van der Waals surface area (Å²) in [5.41, 5.74) is 5.98. The first kappa shape index (κ1) is 28.5. The maximum Gasteiger partial charge on any atom is 0.255 e. The number of ketones is 1. The Hall–Kier alpha value is -2.53. The van der Waals surface area contributed by atoms with Crippen molar-refractivity contribution in [1.82, 2.24) is 0 Å². The normalized spacial score (nSPS) is 10.1. The number of thioether (sulfide) groups is 1. The minimum atomic E-state index is -0.0759. The van der Waals surface area contributed by atoms with Gasteiger partial charge < -0.3 is 10.6 Å². The van der Waals surface area contributed by atoms with Crippen LogP contribution in [0.5, 0.6) is 0 Å². The number of aryl methyl sites for hydroxylation is 3. The molecule has 0 aliphatic rings. The van der Waals surface area contributed by atoms with Crippen LogP contribution in [0.3, 0.4) is 0 Å². The van der Waals surface area contributed by atoms with Gasteiger partial charge in [-0.05, 0) is 62.8 Å². The molecule has 0 saturated heterocycles. The summed E-state index contributed by atoms with van der Waals surface area (Å²) in [6.07, 6.45) is 9.71. The lowest BCUT2D eigenvalue weighted by Crippen LogP contribution is -2.14. The van der Waals surface area contributed by atoms with Crippen molar-refractivity contribution in [2.45, 2.75) is 71.1 Å². The molecule has 2 N–H and O–H groups in total. The molecule has 0 unspecified atom stereocenters. The van der Waals surface area contributed by atoms with Crippen molar-refractivity contribution >= 4 is 34.8 Å². The lowest BCUT2D eigenvalue weighted by atomic mass is 10.0. The number of carbonyl (C=O) groups excluding carboxylic acids is 2. The molecular formula is C28H40N2O2S. The van der Waals surface area contributed by atoms with Crippen LogP contribution in [0.15, 0.2) is 47.9 Å². The van der Waals surface area contributed by atoms with Crippen LogP contribution in [0.25, 0.3) is 0 Å². The lowest BCUT2D eigenvalue weighted by Gasteiger charge is -2.14. The Morgan fingerprint density at radius 3 is 2.24 bits per heavy atom. The highest BCUT2D eigenvalue weighted by molar-refractivity contribution is 7.98. The maximum atomic E-state index is 12.5. The van der Waals surface area contributed by atoms with Crippen LogP contribution in [-0.2, 0) is 4.79 Å². The van der Waals surface area contributed by atoms with E-state index < -0.39 is 0 Å². The van der Waals surface area contributed by atoms with Gasteiger partial charge >= 0.3 is 0 Å². The first-order valence-corrected chi connectivity index (χ1v) is 12.9. The van der Waals surface area contributed by atoms with Crippen LogP contribution in [0.2, 0.25) is 0 Å². The van der Waals surface area contributed by atoms with Crippen LogP contribution >= 0.6 is 11.8 Å². The summed E-state index contributed by atoms with van der Waals surface area (Å²) in [6.45, 7) is 11.8. The Labute approximate surface area is 204 Å². The molecule has 2 aromatic rings. The molecule has 5 heteroatoms. The summed E-state index contributed by atoms with van der Waals surface area (Å²) in [5.74, 6) is 0.254. The van der Waals surface area contributed by atoms with Gasteiger partial charge in [-0.15, -0.1) is 18.3 Å². The molecule has 0 aliphatic carbocycles. The van der Waals surface area contributed by atoms with E-state index in [1.807, 2.05) is 45.4 Å². The van der Waals surface area contributed by atoms with Crippen molar-refractivity contribution in [3.8, 4) is 0 Å². The van der Waals surface area contributed by atoms with E-state index in [4.69, 9.17) is 0 Å². The number of nitrogens with one attached hydrogen (secondary N) is 2. The number of anilines is 2. The average molecular weight is 469 g/mol. The zero-order chi connectivity index (χ0) is 24.8. The van der Waals surface area contributed by atoms with E-state index in [9.17, 15) is 9.59 Å². The predicted molar refractivity (Wildman–Crippen MR) is 145 cm³/mol. The van der Waals surface area contributed by atoms with Gasteiger partial charge in [0.25, 0.3) is 5.91 Å². The summed E-state index contributed by atoms with van der Waals surface area (Å²) in [5, 5.41) is 6.18. The van der Waals surface area contributed by atoms with Gasteiger partial charge in [0, 0.05) is 41.7 Å². The van der Waals surface area contributed by atoms with Gasteiger partial charge in [-0.25, -0.2) is 0 Å². The van der Waals surface area contributed by atoms with Crippen LogP contribution in [-0.4, -0.2) is 25.0 Å². The standard InChI is InChI=1S/C18H22N2OS.C10H18O/c1-11-8-12(2)17(13(3)9-11)20-18(21)14-6-7-15(19-4)16(10-14)22-5;1-3-5-6-7-9-10(11)8-4-2/h6-10,19H,1-5H3,(H,20,21);4H,2-3,5-9H2,1H3. The molecule has 0 aromatic heterocycles. The van der Waals surface area contributed by atoms with Crippen LogP contribution in [0.1, 0.15) is 72.5 Å². The second-order valence-electron chi connectivity index (χ2n) is 8.24. The van der Waals surface area contributed by atoms with Crippen molar-refractivity contribution in [3.63, 3.8) is 0 Å². The van der Waals surface area contributed by atoms with Crippen LogP contribution in [0.4, 0.5) is 11.4 Å². The average Bonchev–Trinajstić information content (AvgIpc) is 2.79. The van der Waals surface area contributed by atoms with Crippen LogP contribution < -0.4 is 10.6 Å². The third-order valence-electron chi connectivity index (χ3n) is 5.33. The number of hydrogen-bond donors (Lipinski definition) is 2. The number of carbonyl (C=O) groups is 2. The number of hydrogen-bond acceptors (Lipinski definition) is 4. The fraction of sp³-hybridized carbons (Fsp3) is 0.429. The minimum Gasteiger partial charge on any atom is -0.387 e. The molecule has 180 valence electrons. The zero-order valence-electron chi connectivity index (χ0n) is 21.1. The Bertz CT molecular complexity index is 914. The van der Waals surface area contributed by atoms with Gasteiger partial charge in [0.2, 0.25) is 0 Å². The maximum absolute atomic E-state index is 12.5. The van der Waals surface area contributed by atoms with Crippen LogP contribution in [0, 0.1) is 20.8 Å². The highest BCUT2D eigenvalue weighted by atomic mass is 32.2. The molecule has 2 rings (SSSR count). The molecule has 4 nitrogen and oxygen atoms in total. The first-order valence-electron chi connectivity index (χ1n) is 11.6. The molecule has 2 aromatic carbocycles. The van der Waals surface area contributed by atoms with Crippen molar-refractivity contribution in [3.05, 3.63) is 65.2 Å². The van der Waals surface area contributed by atoms with Gasteiger partial charge in [-0.2, -0.15) is 0 Å². The van der Waals surface area contributed by atoms with E-state index >= 15 is 0 Å². The number of Topliss-reactive ketones (excluding diaryl/α,β-unsaturated/α-hetero) is 1. The number of amides is 1. The van der Waals surface area contributed by atoms with E-state index in [0.29, 0.717) is 17.8 Å². The smallest absolute Gasteiger partial charge is 0.255 e. The molecule has 1 amide bonds. The number of benzene rings is 2. The second-order valence-corrected chi connectivity index (χ2v) is 9.08. The molecule has 0 aliphatic heterocycles. The summed E-state index contributed by atoms with van der Waals surface area (Å²) in [6, 6.07) is 9.88. The molecule has 0 heterocycles. The fourth-order valence-corrected chi connectivity index (χ4v) is 4.25. The largest absolute Gasteiger partial charge is 0.387 e. The summed E-state index contributed by atoms with van der Waals surface area (Å²) < 4.78 is 0. The number of rotatable bonds is 11. The Balaban J connectivity index is 0.000000420. The van der Waals surface area contributed by atoms with Gasteiger partial charge in [0.1, 0.15) is 5.78 Å². The molecule has 0 saturated carbocycles. The fourth-order valence-electron chi connectivity index (χ4n) is 3.61. The van der Waals surface area contributed by atoms with E-state index in [2.05, 4.69) is 43.2 Å². The van der Waals surface area contributed by atoms with Gasteiger partial charge in [0.05, 0.1) is 0 Å². The van der Waals surface area contributed by atoms with E-state index in [0.717, 1.165) is 40.2 Å². The Morgan fingerprint density at radius 1 is 1.03 bits per heavy atom. The minimum absolute atomic E-state index is 0.0759. The summed E-state index contributed by atoms with van der Waals surface area (Å²) >= 11 is 1.62. The molecule has 0 bridgehead atoms. The highest BCUT2D eigenvalue weighted by Crippen LogP contribution is 2.27. The predicted octanol–water partition coefficient (Wildman–Crippen LogP) is 7.73. The monoisotopic (exact) mass is 468 g/mol. The van der Waals surface area contributed by atoms with E-state index in [1.54, 1.807) is 17.8 Å². The third kappa shape index (κ3) is 9.87. The molecule has 0 fully saturated rings. The highest BCUT2D eigenvalue weighted by Gasteiger charge is 2.12. The molecular weight excluding hydrogens is 428 g/mol. The van der Waals surface area contributed by atoms with Crippen molar-refractivity contribution in [1.29, 1.82) is 0 Å². The Kier molecular flexibility index (Phi) is 13.2. The quantitative estimate of drug-likeness (QED) is 0.201. The van der Waals surface area contributed by atoms with Crippen molar-refractivity contribution in [2.24, 2.45) is 0 Å². The second kappa shape index (κ2) is 15.3. The Morgan fingerprint density at radius 2 is 1.70 bits per heavy atom. The van der Waals surface area contributed by atoms with E-state index in [-0.39, 0.29) is 5.91 Å². The third-order valence-corrected chi connectivity index (χ3v) is 6.11. The molecule has 33 heavy (non-hydrogen) atoms. The van der Waals surface area contributed by atoms with Gasteiger partial charge in [0.15, 0.2) is 0 Å². The molecule has 0 atom stereocenters. The first-order chi connectivity index (χ1) is 15.8. The summed E-state index contributed by atoms with van der Waals surface area (Å²) in [4.78, 5) is 24.5. The molecule has 0 radical (unpaired) electrons. The van der Waals surface area contributed by atoms with Gasteiger partial charge in [-0.3, -0.25) is 9.59 Å². The van der Waals surface area contributed by atoms with Crippen molar-refractivity contribution in [2.75, 3.05) is 23.9 Å². The summed E-state index contributed by atoms with van der Waals surface area (Å²) in [7, 11) is 1.88. The lowest BCUT2D eigenvalue weighted by molar-refractivity contribution is -0.118. The van der Waals surface area contributed by atoms with Gasteiger partial charge in [-0.1, -0.05) is 50.0 Å². The topological polar surface area (TPSA) is 58.2 Å². The molecule has 0 spiro atoms. The zero-order valence-corrected chi connectivity index (χ0v) is 22.0. The number of allylic oxidation sites excluding steroid dienone is 1. The number of unbranched alkanes of at least 4 members (excludes halogenated alkanes) is 3. The van der Waals surface area contributed by atoms with Crippen molar-refractivity contribution < 1.29 is 9.59 Å². The SMILES string of the molecule is C=CCC(=O)CCCCCC.CNc1ccc(C(=O)Nc2c(C)cc(C)cc2C)cc1SC. The van der Waals surface area contributed by atoms with E-state index in [1.165, 1.54) is 24.8 Å².